The molecule has 1 fully saturated rings. The van der Waals surface area contributed by atoms with Gasteiger partial charge in [0.05, 0.1) is 5.84 Å². The van der Waals surface area contributed by atoms with Crippen molar-refractivity contribution in [2.45, 2.75) is 18.9 Å². The Balaban J connectivity index is 2.15. The maximum Gasteiger partial charge on any atom is 0.0924 e. The van der Waals surface area contributed by atoms with Crippen LogP contribution in [0.2, 0.25) is 0 Å². The van der Waals surface area contributed by atoms with Crippen molar-refractivity contribution in [3.8, 4) is 0 Å². The number of nitrogens with two attached hydrogens (primary N) is 1. The summed E-state index contributed by atoms with van der Waals surface area (Å²) >= 11 is 2.02. The first kappa shape index (κ1) is 13.4. The Bertz CT molecular complexity index is 372. The minimum atomic E-state index is 0.266. The minimum absolute atomic E-state index is 0.266. The molecule has 1 aromatic rings. The highest BCUT2D eigenvalue weighted by molar-refractivity contribution is 7.99. The van der Waals surface area contributed by atoms with Gasteiger partial charge in [-0.05, 0) is 24.3 Å². The highest BCUT2D eigenvalue weighted by Crippen LogP contribution is 2.26. The van der Waals surface area contributed by atoms with Gasteiger partial charge in [0, 0.05) is 24.8 Å². The lowest BCUT2D eigenvalue weighted by Crippen LogP contribution is -2.33. The van der Waals surface area contributed by atoms with Crippen molar-refractivity contribution in [2.24, 2.45) is 5.73 Å². The fourth-order valence-electron chi connectivity index (χ4n) is 2.42. The highest BCUT2D eigenvalue weighted by atomic mass is 32.2. The number of hydrogen-bond donors (Lipinski definition) is 2. The first-order valence-corrected chi connectivity index (χ1v) is 7.62. The lowest BCUT2D eigenvalue weighted by Gasteiger charge is -2.30. The predicted octanol–water partition coefficient (Wildman–Crippen LogP) is 2.49. The summed E-state index contributed by atoms with van der Waals surface area (Å²) in [5.41, 5.74) is 6.91. The van der Waals surface area contributed by atoms with Crippen molar-refractivity contribution in [3.05, 3.63) is 35.9 Å². The zero-order valence-corrected chi connectivity index (χ0v) is 11.5. The number of benzene rings is 1. The maximum absolute atomic E-state index is 7.59. The van der Waals surface area contributed by atoms with Gasteiger partial charge in [0.1, 0.15) is 0 Å². The molecule has 0 aliphatic carbocycles. The van der Waals surface area contributed by atoms with E-state index in [-0.39, 0.29) is 11.9 Å². The minimum Gasteiger partial charge on any atom is -0.388 e. The van der Waals surface area contributed by atoms with Gasteiger partial charge in [-0.25, -0.2) is 0 Å². The molecule has 0 bridgehead atoms. The third-order valence-corrected chi connectivity index (χ3v) is 4.34. The Morgan fingerprint density at radius 3 is 2.78 bits per heavy atom. The lowest BCUT2D eigenvalue weighted by atomic mass is 10.0. The molecule has 1 atom stereocenters. The van der Waals surface area contributed by atoms with Crippen molar-refractivity contribution in [3.63, 3.8) is 0 Å². The van der Waals surface area contributed by atoms with E-state index in [1.54, 1.807) is 0 Å². The molecule has 1 unspecified atom stereocenters. The fraction of sp³-hybridized carbons (Fsp3) is 0.500. The van der Waals surface area contributed by atoms with E-state index in [1.807, 2.05) is 17.8 Å². The zero-order valence-electron chi connectivity index (χ0n) is 10.6. The number of amidine groups is 1. The van der Waals surface area contributed by atoms with E-state index in [4.69, 9.17) is 11.1 Å². The molecule has 4 heteroatoms. The van der Waals surface area contributed by atoms with E-state index < -0.39 is 0 Å². The molecule has 3 N–H and O–H groups in total. The molecule has 1 saturated heterocycles. The second-order valence-corrected chi connectivity index (χ2v) is 5.88. The van der Waals surface area contributed by atoms with Crippen molar-refractivity contribution in [2.75, 3.05) is 24.6 Å². The summed E-state index contributed by atoms with van der Waals surface area (Å²) < 4.78 is 0. The molecular formula is C14H21N3S. The van der Waals surface area contributed by atoms with Crippen molar-refractivity contribution in [1.29, 1.82) is 5.41 Å². The largest absolute Gasteiger partial charge is 0.388 e. The van der Waals surface area contributed by atoms with E-state index in [0.717, 1.165) is 13.1 Å². The summed E-state index contributed by atoms with van der Waals surface area (Å²) in [6.45, 7) is 2.21. The molecule has 0 amide bonds. The molecule has 0 spiro atoms. The summed E-state index contributed by atoms with van der Waals surface area (Å²) in [5, 5.41) is 7.59. The van der Waals surface area contributed by atoms with Crippen LogP contribution >= 0.6 is 11.8 Å². The number of thioether (sulfide) groups is 1. The first-order valence-electron chi connectivity index (χ1n) is 6.47. The van der Waals surface area contributed by atoms with Gasteiger partial charge in [0.2, 0.25) is 0 Å². The van der Waals surface area contributed by atoms with Crippen LogP contribution in [-0.2, 0) is 0 Å². The molecule has 1 aromatic carbocycles. The SMILES string of the molecule is N=C(N)CC(c1ccccc1)N1CCCSCC1. The van der Waals surface area contributed by atoms with Gasteiger partial charge in [0.25, 0.3) is 0 Å². The van der Waals surface area contributed by atoms with Crippen molar-refractivity contribution >= 4 is 17.6 Å². The average Bonchev–Trinajstić information content (AvgIpc) is 2.65. The van der Waals surface area contributed by atoms with Crippen LogP contribution in [0, 0.1) is 5.41 Å². The molecule has 18 heavy (non-hydrogen) atoms. The van der Waals surface area contributed by atoms with E-state index in [9.17, 15) is 0 Å². The third kappa shape index (κ3) is 3.75. The number of hydrogen-bond acceptors (Lipinski definition) is 3. The van der Waals surface area contributed by atoms with Crippen molar-refractivity contribution < 1.29 is 0 Å². The monoisotopic (exact) mass is 263 g/mol. The van der Waals surface area contributed by atoms with Crippen LogP contribution in [0.25, 0.3) is 0 Å². The summed E-state index contributed by atoms with van der Waals surface area (Å²) in [5.74, 6) is 2.71. The summed E-state index contributed by atoms with van der Waals surface area (Å²) in [4.78, 5) is 2.48. The molecule has 1 aliphatic heterocycles. The van der Waals surface area contributed by atoms with Gasteiger partial charge in [-0.3, -0.25) is 10.3 Å². The van der Waals surface area contributed by atoms with Crippen LogP contribution < -0.4 is 5.73 Å². The fourth-order valence-corrected chi connectivity index (χ4v) is 3.32. The Morgan fingerprint density at radius 2 is 2.06 bits per heavy atom. The molecule has 0 aromatic heterocycles. The molecule has 3 nitrogen and oxygen atoms in total. The highest BCUT2D eigenvalue weighted by Gasteiger charge is 2.22. The van der Waals surface area contributed by atoms with Crippen molar-refractivity contribution in [1.82, 2.24) is 4.90 Å². The van der Waals surface area contributed by atoms with Crippen LogP contribution in [0.5, 0.6) is 0 Å². The maximum atomic E-state index is 7.59. The molecule has 0 radical (unpaired) electrons. The Hall–Kier alpha value is -1.00. The number of nitrogens with zero attached hydrogens (tertiary/aromatic N) is 1. The summed E-state index contributed by atoms with van der Waals surface area (Å²) in [6.07, 6.45) is 1.86. The Labute approximate surface area is 113 Å². The molecule has 2 rings (SSSR count). The summed E-state index contributed by atoms with van der Waals surface area (Å²) in [7, 11) is 0. The van der Waals surface area contributed by atoms with Gasteiger partial charge in [-0.1, -0.05) is 30.3 Å². The van der Waals surface area contributed by atoms with E-state index in [0.29, 0.717) is 6.42 Å². The summed E-state index contributed by atoms with van der Waals surface area (Å²) in [6, 6.07) is 10.7. The molecule has 98 valence electrons. The standard InChI is InChI=1S/C14H21N3S/c15-14(16)11-13(12-5-2-1-3-6-12)17-7-4-9-18-10-8-17/h1-3,5-6,13H,4,7-11H2,(H3,15,16). The molecule has 0 saturated carbocycles. The topological polar surface area (TPSA) is 53.1 Å². The molecule has 1 aliphatic rings. The van der Waals surface area contributed by atoms with Gasteiger partial charge in [-0.2, -0.15) is 11.8 Å². The van der Waals surface area contributed by atoms with Crippen LogP contribution in [0.15, 0.2) is 30.3 Å². The first-order chi connectivity index (χ1) is 8.77. The Kier molecular flexibility index (Phi) is 5.08. The second kappa shape index (κ2) is 6.81. The second-order valence-electron chi connectivity index (χ2n) is 4.66. The van der Waals surface area contributed by atoms with E-state index >= 15 is 0 Å². The zero-order chi connectivity index (χ0) is 12.8. The normalized spacial score (nSPS) is 19.1. The Morgan fingerprint density at radius 1 is 1.28 bits per heavy atom. The molecule has 1 heterocycles. The third-order valence-electron chi connectivity index (χ3n) is 3.30. The van der Waals surface area contributed by atoms with Crippen LogP contribution in [0.3, 0.4) is 0 Å². The van der Waals surface area contributed by atoms with Gasteiger partial charge in [0.15, 0.2) is 0 Å². The predicted molar refractivity (Wildman–Crippen MR) is 79.2 cm³/mol. The molecular weight excluding hydrogens is 242 g/mol. The van der Waals surface area contributed by atoms with Crippen LogP contribution in [0.4, 0.5) is 0 Å². The van der Waals surface area contributed by atoms with E-state index in [1.165, 1.54) is 23.5 Å². The smallest absolute Gasteiger partial charge is 0.0924 e. The lowest BCUT2D eigenvalue weighted by molar-refractivity contribution is 0.217. The number of nitrogens with one attached hydrogen (secondary N) is 1. The van der Waals surface area contributed by atoms with Crippen LogP contribution in [0.1, 0.15) is 24.4 Å². The van der Waals surface area contributed by atoms with Gasteiger partial charge >= 0.3 is 0 Å². The van der Waals surface area contributed by atoms with E-state index in [2.05, 4.69) is 29.2 Å². The van der Waals surface area contributed by atoms with Gasteiger partial charge in [-0.15, -0.1) is 0 Å². The average molecular weight is 263 g/mol. The van der Waals surface area contributed by atoms with Crippen LogP contribution in [-0.4, -0.2) is 35.3 Å². The quantitative estimate of drug-likeness (QED) is 0.648. The van der Waals surface area contributed by atoms with Gasteiger partial charge < -0.3 is 5.73 Å². The number of rotatable bonds is 4.